The Kier molecular flexibility index (Phi) is 2.35. The molecule has 6 nitrogen and oxygen atoms in total. The number of amides is 1. The number of carbonyl (C=O) groups excluding carboxylic acids is 1. The van der Waals surface area contributed by atoms with Gasteiger partial charge in [0.15, 0.2) is 0 Å². The lowest BCUT2D eigenvalue weighted by Gasteiger charge is -2.36. The van der Waals surface area contributed by atoms with Crippen LogP contribution in [0.3, 0.4) is 0 Å². The second-order valence-corrected chi connectivity index (χ2v) is 5.90. The van der Waals surface area contributed by atoms with Crippen molar-refractivity contribution in [3.05, 3.63) is 34.4 Å². The highest BCUT2D eigenvalue weighted by Gasteiger charge is 2.49. The van der Waals surface area contributed by atoms with Crippen LogP contribution in [0.4, 0.5) is 0 Å². The fraction of sp³-hybridized carbons (Fsp3) is 0.308. The number of carboxylic acids is 1. The summed E-state index contributed by atoms with van der Waals surface area (Å²) in [6.45, 7) is 0.981. The molecule has 1 fully saturated rings. The van der Waals surface area contributed by atoms with Crippen LogP contribution in [0.25, 0.3) is 6.08 Å². The number of hydrogen-bond acceptors (Lipinski definition) is 4. The molecule has 1 atom stereocenters. The van der Waals surface area contributed by atoms with Crippen LogP contribution >= 0.6 is 11.8 Å². The molecular weight excluding hydrogens is 278 g/mol. The highest BCUT2D eigenvalue weighted by atomic mass is 32.2. The molecule has 0 aromatic carbocycles. The predicted octanol–water partition coefficient (Wildman–Crippen LogP) is 1.05. The average Bonchev–Trinajstić information content (AvgIpc) is 3.07. The van der Waals surface area contributed by atoms with Gasteiger partial charge in [0.25, 0.3) is 5.91 Å². The zero-order valence-electron chi connectivity index (χ0n) is 10.4. The minimum Gasteiger partial charge on any atom is -0.477 e. The number of hydrogen-bond donors (Lipinski definition) is 1. The van der Waals surface area contributed by atoms with E-state index in [4.69, 9.17) is 5.11 Å². The maximum absolute atomic E-state index is 12.0. The van der Waals surface area contributed by atoms with Crippen molar-refractivity contribution in [3.63, 3.8) is 0 Å². The maximum Gasteiger partial charge on any atom is 0.353 e. The van der Waals surface area contributed by atoms with E-state index in [1.165, 1.54) is 22.1 Å². The molecule has 3 aliphatic rings. The van der Waals surface area contributed by atoms with E-state index in [-0.39, 0.29) is 17.0 Å². The predicted molar refractivity (Wildman–Crippen MR) is 72.5 cm³/mol. The van der Waals surface area contributed by atoms with Crippen molar-refractivity contribution < 1.29 is 14.7 Å². The molecular formula is C13H11N3O3S. The van der Waals surface area contributed by atoms with Gasteiger partial charge in [0, 0.05) is 24.6 Å². The van der Waals surface area contributed by atoms with Gasteiger partial charge < -0.3 is 9.67 Å². The molecule has 0 saturated carbocycles. The number of fused-ring (bicyclic) bond motifs is 2. The summed E-state index contributed by atoms with van der Waals surface area (Å²) >= 11 is 1.35. The topological polar surface area (TPSA) is 75.4 Å². The number of aliphatic carboxylic acids is 1. The number of nitrogens with zero attached hydrogens (tertiary/aromatic N) is 3. The zero-order valence-corrected chi connectivity index (χ0v) is 11.3. The quantitative estimate of drug-likeness (QED) is 0.650. The summed E-state index contributed by atoms with van der Waals surface area (Å²) in [5, 5.41) is 10.3. The Bertz CT molecular complexity index is 682. The first kappa shape index (κ1) is 11.8. The molecule has 0 radical (unpaired) electrons. The molecule has 3 aliphatic heterocycles. The van der Waals surface area contributed by atoms with Crippen LogP contribution in [0.1, 0.15) is 17.9 Å². The summed E-state index contributed by atoms with van der Waals surface area (Å²) in [7, 11) is 0. The van der Waals surface area contributed by atoms with E-state index in [0.29, 0.717) is 5.57 Å². The Morgan fingerprint density at radius 1 is 1.55 bits per heavy atom. The van der Waals surface area contributed by atoms with Gasteiger partial charge in [-0.25, -0.2) is 9.78 Å². The minimum atomic E-state index is -1.06. The van der Waals surface area contributed by atoms with Gasteiger partial charge in [-0.2, -0.15) is 0 Å². The molecule has 20 heavy (non-hydrogen) atoms. The van der Waals surface area contributed by atoms with Crippen LogP contribution in [0.5, 0.6) is 0 Å². The fourth-order valence-corrected chi connectivity index (χ4v) is 3.89. The third-order valence-corrected chi connectivity index (χ3v) is 4.82. The van der Waals surface area contributed by atoms with E-state index in [9.17, 15) is 9.59 Å². The minimum absolute atomic E-state index is 0.0643. The van der Waals surface area contributed by atoms with E-state index < -0.39 is 5.97 Å². The van der Waals surface area contributed by atoms with Gasteiger partial charge in [-0.15, -0.1) is 11.8 Å². The van der Waals surface area contributed by atoms with Crippen molar-refractivity contribution in [2.75, 3.05) is 0 Å². The first-order valence-corrected chi connectivity index (χ1v) is 7.29. The van der Waals surface area contributed by atoms with Gasteiger partial charge in [0.1, 0.15) is 16.9 Å². The molecule has 1 amide bonds. The summed E-state index contributed by atoms with van der Waals surface area (Å²) in [6, 6.07) is 0. The molecule has 7 heteroatoms. The highest BCUT2D eigenvalue weighted by Crippen LogP contribution is 2.45. The van der Waals surface area contributed by atoms with E-state index >= 15 is 0 Å². The molecule has 1 N–H and O–H groups in total. The third-order valence-electron chi connectivity index (χ3n) is 3.73. The number of carboxylic acid groups (broad SMARTS) is 1. The SMILES string of the molecule is O=C(O)C1=CSC2C(=Cc3cn4c(n3)CCC4)C(=O)N12. The number of rotatable bonds is 2. The fourth-order valence-electron chi connectivity index (χ4n) is 2.77. The second-order valence-electron chi connectivity index (χ2n) is 4.95. The van der Waals surface area contributed by atoms with Gasteiger partial charge >= 0.3 is 5.97 Å². The summed E-state index contributed by atoms with van der Waals surface area (Å²) < 4.78 is 2.11. The van der Waals surface area contributed by atoms with Gasteiger partial charge in [-0.3, -0.25) is 9.69 Å². The van der Waals surface area contributed by atoms with Gasteiger partial charge in [-0.05, 0) is 12.5 Å². The summed E-state index contributed by atoms with van der Waals surface area (Å²) in [6.07, 6.45) is 5.83. The standard InChI is InChI=1S/C13H11N3O3S/c17-11-8(12-16(11)9(6-20-12)13(18)19)4-7-5-15-3-1-2-10(15)14-7/h4-6,12H,1-3H2,(H,18,19). The van der Waals surface area contributed by atoms with Gasteiger partial charge in [0.05, 0.1) is 11.3 Å². The van der Waals surface area contributed by atoms with Crippen LogP contribution < -0.4 is 0 Å². The molecule has 4 heterocycles. The summed E-state index contributed by atoms with van der Waals surface area (Å²) in [4.78, 5) is 28.8. The highest BCUT2D eigenvalue weighted by molar-refractivity contribution is 8.03. The Hall–Kier alpha value is -2.02. The van der Waals surface area contributed by atoms with Crippen molar-refractivity contribution in [2.45, 2.75) is 24.8 Å². The molecule has 0 aliphatic carbocycles. The molecule has 1 saturated heterocycles. The monoisotopic (exact) mass is 289 g/mol. The Labute approximate surface area is 118 Å². The molecule has 0 bridgehead atoms. The average molecular weight is 289 g/mol. The number of thioether (sulfide) groups is 1. The van der Waals surface area contributed by atoms with E-state index in [1.54, 1.807) is 6.08 Å². The molecule has 4 rings (SSSR count). The van der Waals surface area contributed by atoms with Crippen LogP contribution in [0.2, 0.25) is 0 Å². The van der Waals surface area contributed by atoms with Crippen LogP contribution in [-0.4, -0.2) is 36.8 Å². The lowest BCUT2D eigenvalue weighted by molar-refractivity contribution is -0.141. The normalized spacial score (nSPS) is 25.5. The van der Waals surface area contributed by atoms with E-state index in [0.717, 1.165) is 30.9 Å². The molecule has 0 spiro atoms. The third kappa shape index (κ3) is 1.49. The maximum atomic E-state index is 12.0. The number of β-lactam (4-membered cyclic amide) rings is 1. The van der Waals surface area contributed by atoms with Crippen molar-refractivity contribution in [3.8, 4) is 0 Å². The van der Waals surface area contributed by atoms with Crippen molar-refractivity contribution in [1.29, 1.82) is 0 Å². The number of aryl methyl sites for hydroxylation is 2. The molecule has 1 unspecified atom stereocenters. The molecule has 1 aromatic heterocycles. The van der Waals surface area contributed by atoms with Crippen molar-refractivity contribution in [2.24, 2.45) is 0 Å². The number of aromatic nitrogens is 2. The second kappa shape index (κ2) is 3.99. The van der Waals surface area contributed by atoms with Gasteiger partial charge in [-0.1, -0.05) is 0 Å². The lowest BCUT2D eigenvalue weighted by atomic mass is 10.0. The Morgan fingerprint density at radius 3 is 3.15 bits per heavy atom. The first-order valence-electron chi connectivity index (χ1n) is 6.35. The lowest BCUT2D eigenvalue weighted by Crippen LogP contribution is -2.51. The Balaban J connectivity index is 1.61. The number of carbonyl (C=O) groups is 2. The number of imidazole rings is 1. The van der Waals surface area contributed by atoms with Crippen LogP contribution in [-0.2, 0) is 22.6 Å². The van der Waals surface area contributed by atoms with E-state index in [2.05, 4.69) is 9.55 Å². The Morgan fingerprint density at radius 2 is 2.40 bits per heavy atom. The zero-order chi connectivity index (χ0) is 13.9. The van der Waals surface area contributed by atoms with Crippen molar-refractivity contribution >= 4 is 29.7 Å². The largest absolute Gasteiger partial charge is 0.477 e. The molecule has 102 valence electrons. The smallest absolute Gasteiger partial charge is 0.353 e. The summed E-state index contributed by atoms with van der Waals surface area (Å²) in [5.41, 5.74) is 1.47. The van der Waals surface area contributed by atoms with Crippen molar-refractivity contribution in [1.82, 2.24) is 14.5 Å². The molecule has 1 aromatic rings. The van der Waals surface area contributed by atoms with Gasteiger partial charge in [0.2, 0.25) is 0 Å². The summed E-state index contributed by atoms with van der Waals surface area (Å²) in [5.74, 6) is -0.237. The van der Waals surface area contributed by atoms with Crippen LogP contribution in [0, 0.1) is 0 Å². The van der Waals surface area contributed by atoms with Crippen LogP contribution in [0.15, 0.2) is 22.9 Å². The van der Waals surface area contributed by atoms with E-state index in [1.807, 2.05) is 6.20 Å². The first-order chi connectivity index (χ1) is 9.65.